The highest BCUT2D eigenvalue weighted by atomic mass is 16.5. The predicted molar refractivity (Wildman–Crippen MR) is 173 cm³/mol. The van der Waals surface area contributed by atoms with Crippen LogP contribution in [-0.4, -0.2) is 39.4 Å². The molecule has 3 aliphatic rings. The van der Waals surface area contributed by atoms with E-state index in [1.54, 1.807) is 0 Å². The molecule has 2 N–H and O–H groups in total. The molecule has 2 heterocycles. The molecule has 7 heteroatoms. The lowest BCUT2D eigenvalue weighted by molar-refractivity contribution is 0.119. The van der Waals surface area contributed by atoms with E-state index in [0.29, 0.717) is 24.0 Å². The maximum atomic E-state index is 6.75. The highest BCUT2D eigenvalue weighted by Gasteiger charge is 2.33. The molecule has 2 aliphatic carbocycles. The molecule has 0 saturated heterocycles. The summed E-state index contributed by atoms with van der Waals surface area (Å²) >= 11 is 0. The van der Waals surface area contributed by atoms with E-state index < -0.39 is 0 Å². The topological polar surface area (TPSA) is 80.1 Å². The smallest absolute Gasteiger partial charge is 0.197 e. The van der Waals surface area contributed by atoms with Gasteiger partial charge in [0.05, 0.1) is 17.9 Å². The van der Waals surface area contributed by atoms with Crippen LogP contribution in [0.4, 0.5) is 5.69 Å². The van der Waals surface area contributed by atoms with Gasteiger partial charge in [0, 0.05) is 31.1 Å². The van der Waals surface area contributed by atoms with Crippen molar-refractivity contribution in [1.82, 2.24) is 14.8 Å². The molecule has 0 spiro atoms. The lowest BCUT2D eigenvalue weighted by Gasteiger charge is -2.42. The standard InChI is InChI=1S/C36H49N5O2/c1-26-35(42-27(2)38-26)25-40(30-15-8-4-9-16-30)22-12-19-34(28-13-6-3-7-14-28)41-24-29-23-32(20-21-33(29)39-36(41)37)43-31-17-10-5-11-18-31/h5,10-11,17-18,20-21,23,28,30,34H,3-4,6-9,12-16,19,22,24-25H2,1-2H3,(H2,37,39). The maximum Gasteiger partial charge on any atom is 0.197 e. The molecule has 0 amide bonds. The Hall–Kier alpha value is -3.32. The number of fused-ring (bicyclic) bond motifs is 1. The summed E-state index contributed by atoms with van der Waals surface area (Å²) in [4.78, 5) is 14.6. The molecular weight excluding hydrogens is 534 g/mol. The van der Waals surface area contributed by atoms with E-state index in [2.05, 4.69) is 27.8 Å². The van der Waals surface area contributed by atoms with Crippen LogP contribution in [0, 0.1) is 19.8 Å². The minimum absolute atomic E-state index is 0.387. The first-order valence-electron chi connectivity index (χ1n) is 16.7. The van der Waals surface area contributed by atoms with E-state index in [1.807, 2.05) is 49.4 Å². The van der Waals surface area contributed by atoms with Crippen LogP contribution in [0.2, 0.25) is 0 Å². The van der Waals surface area contributed by atoms with Crippen LogP contribution in [0.5, 0.6) is 11.5 Å². The second-order valence-electron chi connectivity index (χ2n) is 12.9. The van der Waals surface area contributed by atoms with Gasteiger partial charge in [-0.05, 0) is 88.2 Å². The summed E-state index contributed by atoms with van der Waals surface area (Å²) in [6.45, 7) is 6.74. The fraction of sp³-hybridized carbons (Fsp3) is 0.556. The summed E-state index contributed by atoms with van der Waals surface area (Å²) < 4.78 is 12.2. The molecular formula is C36H49N5O2. The van der Waals surface area contributed by atoms with E-state index in [4.69, 9.17) is 19.9 Å². The molecule has 7 nitrogen and oxygen atoms in total. The molecule has 2 saturated carbocycles. The van der Waals surface area contributed by atoms with Crippen LogP contribution >= 0.6 is 0 Å². The van der Waals surface area contributed by atoms with Crippen molar-refractivity contribution in [3.63, 3.8) is 0 Å². The summed E-state index contributed by atoms with van der Waals surface area (Å²) in [5.41, 5.74) is 9.92. The Bertz CT molecular complexity index is 1360. The highest BCUT2D eigenvalue weighted by molar-refractivity contribution is 5.84. The van der Waals surface area contributed by atoms with Crippen LogP contribution < -0.4 is 10.5 Å². The Morgan fingerprint density at radius 2 is 1.70 bits per heavy atom. The third-order valence-corrected chi connectivity index (χ3v) is 9.88. The maximum absolute atomic E-state index is 6.75. The zero-order chi connectivity index (χ0) is 29.6. The van der Waals surface area contributed by atoms with Crippen molar-refractivity contribution in [3.05, 3.63) is 71.4 Å². The third-order valence-electron chi connectivity index (χ3n) is 9.88. The van der Waals surface area contributed by atoms with Gasteiger partial charge in [0.15, 0.2) is 11.9 Å². The Labute approximate surface area is 257 Å². The second-order valence-corrected chi connectivity index (χ2v) is 12.9. The summed E-state index contributed by atoms with van der Waals surface area (Å²) in [6.07, 6.45) is 15.4. The number of aryl methyl sites for hydroxylation is 2. The molecule has 230 valence electrons. The van der Waals surface area contributed by atoms with Crippen LogP contribution in [0.25, 0.3) is 0 Å². The van der Waals surface area contributed by atoms with Crippen molar-refractivity contribution in [1.29, 1.82) is 0 Å². The number of hydrogen-bond acceptors (Lipinski definition) is 7. The van der Waals surface area contributed by atoms with Crippen molar-refractivity contribution >= 4 is 11.6 Å². The number of guanidine groups is 1. The number of nitrogens with zero attached hydrogens (tertiary/aromatic N) is 4. The fourth-order valence-corrected chi connectivity index (χ4v) is 7.64. The van der Waals surface area contributed by atoms with Crippen molar-refractivity contribution in [2.24, 2.45) is 16.6 Å². The summed E-state index contributed by atoms with van der Waals surface area (Å²) in [5, 5.41) is 0. The van der Waals surface area contributed by atoms with E-state index in [0.717, 1.165) is 67.0 Å². The molecule has 2 fully saturated rings. The summed E-state index contributed by atoms with van der Waals surface area (Å²) in [7, 11) is 0. The number of oxazole rings is 1. The predicted octanol–water partition coefficient (Wildman–Crippen LogP) is 8.41. The summed E-state index contributed by atoms with van der Waals surface area (Å²) in [6, 6.07) is 17.2. The van der Waals surface area contributed by atoms with Crippen molar-refractivity contribution < 1.29 is 9.15 Å². The van der Waals surface area contributed by atoms with Crippen LogP contribution in [-0.2, 0) is 13.1 Å². The lowest BCUT2D eigenvalue weighted by atomic mass is 9.81. The van der Waals surface area contributed by atoms with Gasteiger partial charge in [-0.25, -0.2) is 9.98 Å². The van der Waals surface area contributed by atoms with Crippen LogP contribution in [0.15, 0.2) is 57.9 Å². The second kappa shape index (κ2) is 14.0. The van der Waals surface area contributed by atoms with Gasteiger partial charge in [-0.3, -0.25) is 4.90 Å². The van der Waals surface area contributed by atoms with Gasteiger partial charge in [0.1, 0.15) is 17.3 Å². The first-order chi connectivity index (χ1) is 21.0. The quantitative estimate of drug-likeness (QED) is 0.244. The normalized spacial score (nSPS) is 18.9. The van der Waals surface area contributed by atoms with Crippen LogP contribution in [0.3, 0.4) is 0 Å². The first-order valence-corrected chi connectivity index (χ1v) is 16.7. The number of rotatable bonds is 11. The molecule has 0 radical (unpaired) electrons. The van der Waals surface area contributed by atoms with Gasteiger partial charge in [0.25, 0.3) is 0 Å². The number of aliphatic imine (C=N–C) groups is 1. The molecule has 1 aliphatic heterocycles. The zero-order valence-electron chi connectivity index (χ0n) is 26.1. The number of hydrogen-bond donors (Lipinski definition) is 1. The number of nitrogens with two attached hydrogens (primary N) is 1. The van der Waals surface area contributed by atoms with E-state index >= 15 is 0 Å². The fourth-order valence-electron chi connectivity index (χ4n) is 7.64. The Morgan fingerprint density at radius 3 is 2.42 bits per heavy atom. The molecule has 3 aromatic rings. The molecule has 0 bridgehead atoms. The Morgan fingerprint density at radius 1 is 0.953 bits per heavy atom. The van der Waals surface area contributed by atoms with Gasteiger partial charge in [-0.2, -0.15) is 0 Å². The lowest BCUT2D eigenvalue weighted by Crippen LogP contribution is -2.49. The van der Waals surface area contributed by atoms with Crippen LogP contribution in [0.1, 0.15) is 100.0 Å². The highest BCUT2D eigenvalue weighted by Crippen LogP contribution is 2.37. The minimum Gasteiger partial charge on any atom is -0.457 e. The van der Waals surface area contributed by atoms with Gasteiger partial charge in [-0.1, -0.05) is 56.7 Å². The molecule has 1 atom stereocenters. The Balaban J connectivity index is 1.18. The molecule has 1 aromatic heterocycles. The van der Waals surface area contributed by atoms with Gasteiger partial charge < -0.3 is 19.8 Å². The average molecular weight is 584 g/mol. The zero-order valence-corrected chi connectivity index (χ0v) is 26.1. The molecule has 2 aromatic carbocycles. The van der Waals surface area contributed by atoms with Gasteiger partial charge in [-0.15, -0.1) is 0 Å². The molecule has 6 rings (SSSR count). The van der Waals surface area contributed by atoms with Crippen molar-refractivity contribution in [2.75, 3.05) is 6.54 Å². The monoisotopic (exact) mass is 583 g/mol. The number of ether oxygens (including phenoxy) is 1. The minimum atomic E-state index is 0.387. The number of aromatic nitrogens is 1. The van der Waals surface area contributed by atoms with E-state index in [-0.39, 0.29) is 0 Å². The van der Waals surface area contributed by atoms with Crippen molar-refractivity contribution in [2.45, 2.75) is 116 Å². The molecule has 1 unspecified atom stereocenters. The number of para-hydroxylation sites is 1. The van der Waals surface area contributed by atoms with E-state index in [9.17, 15) is 0 Å². The van der Waals surface area contributed by atoms with Gasteiger partial charge >= 0.3 is 0 Å². The third kappa shape index (κ3) is 7.43. The first kappa shape index (κ1) is 29.7. The largest absolute Gasteiger partial charge is 0.457 e. The van der Waals surface area contributed by atoms with Crippen molar-refractivity contribution in [3.8, 4) is 11.5 Å². The van der Waals surface area contributed by atoms with Gasteiger partial charge in [0.2, 0.25) is 0 Å². The average Bonchev–Trinajstić information content (AvgIpc) is 3.36. The SMILES string of the molecule is Cc1nc(C)c(CN(CCCC(C2CCCCC2)N2Cc3cc(Oc4ccccc4)ccc3N=C2N)C2CCCCC2)o1. The summed E-state index contributed by atoms with van der Waals surface area (Å²) in [5.74, 6) is 4.80. The molecule has 43 heavy (non-hydrogen) atoms. The van der Waals surface area contributed by atoms with E-state index in [1.165, 1.54) is 69.8 Å². The Kier molecular flexibility index (Phi) is 9.67. The number of benzene rings is 2.